The van der Waals surface area contributed by atoms with Crippen LogP contribution in [0.5, 0.6) is 5.75 Å². The van der Waals surface area contributed by atoms with Crippen LogP contribution in [0.15, 0.2) is 85.1 Å². The Kier molecular flexibility index (Phi) is 7.27. The number of rotatable bonds is 7. The van der Waals surface area contributed by atoms with Crippen molar-refractivity contribution in [2.75, 3.05) is 0 Å². The highest BCUT2D eigenvalue weighted by Crippen LogP contribution is 2.35. The maximum absolute atomic E-state index is 14.3. The zero-order valence-corrected chi connectivity index (χ0v) is 21.3. The van der Waals surface area contributed by atoms with E-state index in [1.165, 1.54) is 42.5 Å². The minimum Gasteiger partial charge on any atom is -0.488 e. The summed E-state index contributed by atoms with van der Waals surface area (Å²) in [4.78, 5) is 15.6. The van der Waals surface area contributed by atoms with Crippen molar-refractivity contribution in [3.8, 4) is 34.0 Å². The molecule has 0 saturated carbocycles. The van der Waals surface area contributed by atoms with E-state index in [9.17, 15) is 31.9 Å². The molecule has 41 heavy (non-hydrogen) atoms. The molecule has 6 nitrogen and oxygen atoms in total. The monoisotopic (exact) mass is 565 g/mol. The molecule has 0 aliphatic rings. The van der Waals surface area contributed by atoms with Gasteiger partial charge in [0.1, 0.15) is 29.6 Å². The number of hydrogen-bond acceptors (Lipinski definition) is 4. The predicted molar refractivity (Wildman–Crippen MR) is 140 cm³/mol. The summed E-state index contributed by atoms with van der Waals surface area (Å²) in [6.45, 7) is 1.98. The molecule has 0 spiro atoms. The molecule has 0 amide bonds. The van der Waals surface area contributed by atoms with E-state index >= 15 is 0 Å². The highest BCUT2D eigenvalue weighted by atomic mass is 19.4. The van der Waals surface area contributed by atoms with Crippen LogP contribution in [0.2, 0.25) is 0 Å². The Labute approximate surface area is 230 Å². The highest BCUT2D eigenvalue weighted by molar-refractivity contribution is 5.89. The fraction of sp³-hybridized carbons (Fsp3) is 0.100. The van der Waals surface area contributed by atoms with Crippen molar-refractivity contribution in [3.63, 3.8) is 0 Å². The van der Waals surface area contributed by atoms with Crippen LogP contribution in [0, 0.1) is 18.6 Å². The maximum atomic E-state index is 14.3. The van der Waals surface area contributed by atoms with E-state index in [1.54, 1.807) is 12.1 Å². The number of benzene rings is 3. The highest BCUT2D eigenvalue weighted by Gasteiger charge is 2.41. The van der Waals surface area contributed by atoms with Gasteiger partial charge in [-0.2, -0.15) is 18.3 Å². The van der Waals surface area contributed by atoms with E-state index < -0.39 is 29.2 Å². The molecule has 0 aliphatic carbocycles. The number of carboxylic acid groups (broad SMARTS) is 1. The second-order valence-corrected chi connectivity index (χ2v) is 9.08. The molecule has 0 atom stereocenters. The lowest BCUT2D eigenvalue weighted by molar-refractivity contribution is -0.143. The lowest BCUT2D eigenvalue weighted by Crippen LogP contribution is -2.18. The number of aryl methyl sites for hydroxylation is 1. The first-order valence-corrected chi connectivity index (χ1v) is 12.2. The molecule has 0 fully saturated rings. The van der Waals surface area contributed by atoms with Gasteiger partial charge in [-0.3, -0.25) is 0 Å². The van der Waals surface area contributed by atoms with Crippen LogP contribution in [0.25, 0.3) is 28.2 Å². The lowest BCUT2D eigenvalue weighted by atomic mass is 10.00. The van der Waals surface area contributed by atoms with Crippen LogP contribution in [0.1, 0.15) is 27.2 Å². The van der Waals surface area contributed by atoms with Gasteiger partial charge in [0.25, 0.3) is 0 Å². The summed E-state index contributed by atoms with van der Waals surface area (Å²) >= 11 is 0. The Morgan fingerprint density at radius 1 is 0.927 bits per heavy atom. The molecule has 208 valence electrons. The van der Waals surface area contributed by atoms with Crippen LogP contribution in [-0.4, -0.2) is 25.8 Å². The molecule has 0 aliphatic heterocycles. The molecule has 2 heterocycles. The Bertz CT molecular complexity index is 1750. The summed E-state index contributed by atoms with van der Waals surface area (Å²) in [5.41, 5.74) is 1.18. The number of nitrogens with zero attached hydrogens (tertiary/aromatic N) is 3. The minimum absolute atomic E-state index is 0.0841. The number of halogens is 5. The maximum Gasteiger partial charge on any atom is 0.434 e. The quantitative estimate of drug-likeness (QED) is 0.207. The number of hydrogen-bond donors (Lipinski definition) is 1. The second-order valence-electron chi connectivity index (χ2n) is 9.08. The van der Waals surface area contributed by atoms with Crippen molar-refractivity contribution in [1.82, 2.24) is 14.8 Å². The van der Waals surface area contributed by atoms with Gasteiger partial charge in [-0.05, 0) is 71.6 Å². The van der Waals surface area contributed by atoms with Gasteiger partial charge >= 0.3 is 12.1 Å². The minimum atomic E-state index is -5.03. The molecule has 3 aromatic carbocycles. The molecule has 0 unspecified atom stereocenters. The Balaban J connectivity index is 1.45. The van der Waals surface area contributed by atoms with Crippen LogP contribution >= 0.6 is 0 Å². The number of ether oxygens (including phenoxy) is 1. The van der Waals surface area contributed by atoms with Gasteiger partial charge in [-0.1, -0.05) is 36.4 Å². The van der Waals surface area contributed by atoms with Gasteiger partial charge in [-0.15, -0.1) is 0 Å². The largest absolute Gasteiger partial charge is 0.488 e. The van der Waals surface area contributed by atoms with Crippen LogP contribution in [0.3, 0.4) is 0 Å². The van der Waals surface area contributed by atoms with E-state index in [0.29, 0.717) is 10.9 Å². The number of alkyl halides is 3. The van der Waals surface area contributed by atoms with Gasteiger partial charge in [-0.25, -0.2) is 23.2 Å². The van der Waals surface area contributed by atoms with Crippen molar-refractivity contribution in [2.45, 2.75) is 19.7 Å². The molecule has 11 heteroatoms. The van der Waals surface area contributed by atoms with Crippen molar-refractivity contribution in [2.24, 2.45) is 0 Å². The SMILES string of the molecule is Cc1cc(-c2ccc(F)cc2)ccc1COc1ccc(F)cc1-c1cccc(-n2ncc(C(=O)O)c2C(F)(F)F)n1. The second kappa shape index (κ2) is 10.8. The molecule has 5 aromatic rings. The normalized spacial score (nSPS) is 11.5. The number of aromatic carboxylic acids is 1. The third-order valence-electron chi connectivity index (χ3n) is 6.34. The molecule has 2 aromatic heterocycles. The first kappa shape index (κ1) is 27.5. The van der Waals surface area contributed by atoms with E-state index in [-0.39, 0.29) is 35.2 Å². The Hall–Kier alpha value is -5.06. The molecule has 0 bridgehead atoms. The zero-order chi connectivity index (χ0) is 29.3. The van der Waals surface area contributed by atoms with Gasteiger partial charge in [0.05, 0.1) is 11.9 Å². The van der Waals surface area contributed by atoms with E-state index in [4.69, 9.17) is 4.74 Å². The average Bonchev–Trinajstić information content (AvgIpc) is 3.40. The summed E-state index contributed by atoms with van der Waals surface area (Å²) in [6.07, 6.45) is -4.43. The molecule has 0 radical (unpaired) electrons. The Morgan fingerprint density at radius 3 is 2.32 bits per heavy atom. The van der Waals surface area contributed by atoms with Crippen molar-refractivity contribution in [3.05, 3.63) is 119 Å². The summed E-state index contributed by atoms with van der Waals surface area (Å²) in [7, 11) is 0. The summed E-state index contributed by atoms with van der Waals surface area (Å²) in [6, 6.07) is 19.5. The zero-order valence-electron chi connectivity index (χ0n) is 21.3. The first-order valence-electron chi connectivity index (χ1n) is 12.2. The topological polar surface area (TPSA) is 77.2 Å². The van der Waals surface area contributed by atoms with Crippen molar-refractivity contribution < 1.29 is 36.6 Å². The molecule has 0 saturated heterocycles. The first-order chi connectivity index (χ1) is 19.5. The predicted octanol–water partition coefficient (Wildman–Crippen LogP) is 7.48. The smallest absolute Gasteiger partial charge is 0.434 e. The fourth-order valence-electron chi connectivity index (χ4n) is 4.31. The number of carboxylic acids is 1. The van der Waals surface area contributed by atoms with E-state index in [1.807, 2.05) is 25.1 Å². The number of carbonyl (C=O) groups is 1. The fourth-order valence-corrected chi connectivity index (χ4v) is 4.31. The molecular weight excluding hydrogens is 545 g/mol. The van der Waals surface area contributed by atoms with Crippen LogP contribution in [-0.2, 0) is 12.8 Å². The average molecular weight is 565 g/mol. The van der Waals surface area contributed by atoms with Gasteiger partial charge in [0.2, 0.25) is 0 Å². The van der Waals surface area contributed by atoms with Gasteiger partial charge in [0.15, 0.2) is 11.5 Å². The van der Waals surface area contributed by atoms with Gasteiger partial charge < -0.3 is 9.84 Å². The van der Waals surface area contributed by atoms with Crippen molar-refractivity contribution >= 4 is 5.97 Å². The van der Waals surface area contributed by atoms with Crippen LogP contribution in [0.4, 0.5) is 22.0 Å². The summed E-state index contributed by atoms with van der Waals surface area (Å²) in [5.74, 6) is -2.84. The molecule has 5 rings (SSSR count). The van der Waals surface area contributed by atoms with Crippen molar-refractivity contribution in [1.29, 1.82) is 0 Å². The third-order valence-corrected chi connectivity index (χ3v) is 6.34. The van der Waals surface area contributed by atoms with E-state index in [2.05, 4.69) is 10.1 Å². The van der Waals surface area contributed by atoms with Gasteiger partial charge in [0, 0.05) is 5.56 Å². The third kappa shape index (κ3) is 5.79. The molecular formula is C30H20F5N3O3. The number of aromatic nitrogens is 3. The standard InChI is InChI=1S/C30H20F5N3O3/c1-17-13-19(18-7-9-21(31)10-8-18)5-6-20(17)16-41-26-12-11-22(32)14-23(26)25-3-2-4-27(37-25)38-28(30(33,34)35)24(15-36-38)29(39)40/h2-15H,16H2,1H3,(H,39,40). The van der Waals surface area contributed by atoms with E-state index in [0.717, 1.165) is 28.3 Å². The summed E-state index contributed by atoms with van der Waals surface area (Å²) < 4.78 is 75.1. The Morgan fingerprint density at radius 2 is 1.63 bits per heavy atom. The summed E-state index contributed by atoms with van der Waals surface area (Å²) in [5, 5.41) is 12.8. The lowest BCUT2D eigenvalue weighted by Gasteiger charge is -2.15. The van der Waals surface area contributed by atoms with Crippen LogP contribution < -0.4 is 4.74 Å². The molecule has 1 N–H and O–H groups in total. The number of pyridine rings is 1.